The molecule has 3 aromatic rings. The Labute approximate surface area is 186 Å². The van der Waals surface area contributed by atoms with E-state index >= 15 is 0 Å². The Hall–Kier alpha value is -1.71. The number of benzene rings is 2. The Kier molecular flexibility index (Phi) is 8.86. The van der Waals surface area contributed by atoms with Crippen molar-refractivity contribution >= 4 is 40.8 Å². The van der Waals surface area contributed by atoms with Crippen molar-refractivity contribution in [2.75, 3.05) is 0 Å². The first-order chi connectivity index (χ1) is 13.7. The van der Waals surface area contributed by atoms with Crippen LogP contribution in [0.15, 0.2) is 54.9 Å². The van der Waals surface area contributed by atoms with Gasteiger partial charge in [-0.2, -0.15) is 0 Å². The van der Waals surface area contributed by atoms with Crippen LogP contribution in [0.5, 0.6) is 0 Å². The molecule has 0 aliphatic heterocycles. The maximum Gasteiger partial charge on any atom is 0.215 e. The first-order valence-electron chi connectivity index (χ1n) is 10.3. The topological polar surface area (TPSA) is 28.7 Å². The summed E-state index contributed by atoms with van der Waals surface area (Å²) in [6.45, 7) is 13.3. The van der Waals surface area contributed by atoms with Gasteiger partial charge in [0.05, 0.1) is 12.0 Å². The van der Waals surface area contributed by atoms with E-state index in [2.05, 4.69) is 63.6 Å². The molecule has 0 bridgehead atoms. The molecule has 0 unspecified atom stereocenters. The van der Waals surface area contributed by atoms with Crippen LogP contribution >= 0.6 is 23.2 Å². The van der Waals surface area contributed by atoms with Crippen molar-refractivity contribution in [1.29, 1.82) is 0 Å². The quantitative estimate of drug-likeness (QED) is 0.451. The second-order valence-corrected chi connectivity index (χ2v) is 9.09. The molecular formula is C24H31BCl2N2. The van der Waals surface area contributed by atoms with Crippen molar-refractivity contribution < 1.29 is 0 Å². The number of rotatable bonds is 5. The fourth-order valence-electron chi connectivity index (χ4n) is 3.58. The van der Waals surface area contributed by atoms with Gasteiger partial charge in [0, 0.05) is 15.7 Å². The van der Waals surface area contributed by atoms with E-state index < -0.39 is 0 Å². The van der Waals surface area contributed by atoms with E-state index in [1.54, 1.807) is 6.33 Å². The predicted molar refractivity (Wildman–Crippen MR) is 130 cm³/mol. The van der Waals surface area contributed by atoms with Gasteiger partial charge in [-0.1, -0.05) is 118 Å². The molecule has 0 saturated heterocycles. The van der Waals surface area contributed by atoms with Crippen LogP contribution in [0.1, 0.15) is 64.8 Å². The number of nitrogens with one attached hydrogen (secondary N) is 1. The number of hydrogen-bond acceptors (Lipinski definition) is 1. The van der Waals surface area contributed by atoms with Crippen molar-refractivity contribution in [2.24, 2.45) is 0 Å². The van der Waals surface area contributed by atoms with Crippen LogP contribution in [0.3, 0.4) is 0 Å². The molecule has 1 heterocycles. The third kappa shape index (κ3) is 6.14. The smallest absolute Gasteiger partial charge is 0.215 e. The Balaban J connectivity index is 0.000000234. The molecule has 154 valence electrons. The average molecular weight is 429 g/mol. The number of halogens is 2. The number of nitrogens with zero attached hydrogens (tertiary/aromatic N) is 1. The summed E-state index contributed by atoms with van der Waals surface area (Å²) in [5.74, 6) is 1.51. The standard InChI is InChI=1S/C15H15BCl2.C9H16N2/c1-11(2)16(12-7-3-5-9-14(12)17)13-8-4-6-10-15(13)18;1-6(2)8-9(7(3)4)11-5-10-8/h3-11H,1-2H3;5-7H,1-4H3,(H,10,11). The number of H-pyrrole nitrogens is 1. The summed E-state index contributed by atoms with van der Waals surface area (Å²) < 4.78 is 0. The highest BCUT2D eigenvalue weighted by molar-refractivity contribution is 6.89. The van der Waals surface area contributed by atoms with Crippen LogP contribution in [-0.4, -0.2) is 16.7 Å². The van der Waals surface area contributed by atoms with E-state index in [-0.39, 0.29) is 6.71 Å². The zero-order valence-corrected chi connectivity index (χ0v) is 19.7. The summed E-state index contributed by atoms with van der Waals surface area (Å²) >= 11 is 12.6. The first kappa shape index (κ1) is 23.6. The molecule has 1 N–H and O–H groups in total. The molecule has 5 heteroatoms. The van der Waals surface area contributed by atoms with Gasteiger partial charge in [-0.15, -0.1) is 0 Å². The zero-order valence-electron chi connectivity index (χ0n) is 18.2. The van der Waals surface area contributed by atoms with Crippen LogP contribution in [0, 0.1) is 0 Å². The second kappa shape index (κ2) is 10.9. The minimum absolute atomic E-state index is 0.229. The minimum atomic E-state index is 0.229. The molecule has 0 radical (unpaired) electrons. The number of aromatic nitrogens is 2. The molecule has 2 aromatic carbocycles. The van der Waals surface area contributed by atoms with E-state index in [9.17, 15) is 0 Å². The third-order valence-electron chi connectivity index (χ3n) is 4.97. The van der Waals surface area contributed by atoms with E-state index in [4.69, 9.17) is 23.2 Å². The predicted octanol–water partition coefficient (Wildman–Crippen LogP) is 6.67. The van der Waals surface area contributed by atoms with Gasteiger partial charge >= 0.3 is 0 Å². The Morgan fingerprint density at radius 2 is 1.24 bits per heavy atom. The first-order valence-corrected chi connectivity index (χ1v) is 11.0. The van der Waals surface area contributed by atoms with Gasteiger partial charge in [0.25, 0.3) is 0 Å². The van der Waals surface area contributed by atoms with Gasteiger partial charge in [-0.05, 0) is 24.0 Å². The molecule has 2 nitrogen and oxygen atoms in total. The average Bonchev–Trinajstić information content (AvgIpc) is 3.16. The third-order valence-corrected chi connectivity index (χ3v) is 5.66. The molecule has 0 aliphatic rings. The normalized spacial score (nSPS) is 11.0. The fraction of sp³-hybridized carbons (Fsp3) is 0.375. The lowest BCUT2D eigenvalue weighted by Crippen LogP contribution is -2.45. The van der Waals surface area contributed by atoms with E-state index in [1.807, 2.05) is 36.4 Å². The molecule has 0 saturated carbocycles. The SMILES string of the molecule is CC(C)B(c1ccccc1Cl)c1ccccc1Cl.CC(C)c1nc[nH]c1C(C)C. The molecule has 3 rings (SSSR count). The Bertz CT molecular complexity index is 835. The van der Waals surface area contributed by atoms with Gasteiger partial charge in [0.2, 0.25) is 6.71 Å². The molecule has 0 aliphatic carbocycles. The maximum atomic E-state index is 6.32. The van der Waals surface area contributed by atoms with Gasteiger partial charge in [0.15, 0.2) is 0 Å². The van der Waals surface area contributed by atoms with E-state index in [1.165, 1.54) is 11.4 Å². The number of imidazole rings is 1. The molecule has 29 heavy (non-hydrogen) atoms. The maximum absolute atomic E-state index is 6.32. The van der Waals surface area contributed by atoms with E-state index in [0.717, 1.165) is 21.0 Å². The van der Waals surface area contributed by atoms with E-state index in [0.29, 0.717) is 17.7 Å². The van der Waals surface area contributed by atoms with Crippen LogP contribution in [0.4, 0.5) is 0 Å². The Morgan fingerprint density at radius 1 is 0.759 bits per heavy atom. The van der Waals surface area contributed by atoms with Crippen molar-refractivity contribution in [3.05, 3.63) is 76.3 Å². The van der Waals surface area contributed by atoms with Gasteiger partial charge in [0.1, 0.15) is 0 Å². The van der Waals surface area contributed by atoms with Gasteiger partial charge in [-0.25, -0.2) is 4.98 Å². The summed E-state index contributed by atoms with van der Waals surface area (Å²) in [5.41, 5.74) is 4.77. The molecule has 0 spiro atoms. The van der Waals surface area contributed by atoms with Crippen molar-refractivity contribution in [2.45, 2.75) is 59.2 Å². The van der Waals surface area contributed by atoms with Crippen molar-refractivity contribution in [3.63, 3.8) is 0 Å². The lowest BCUT2D eigenvalue weighted by molar-refractivity contribution is 0.759. The monoisotopic (exact) mass is 428 g/mol. The minimum Gasteiger partial charge on any atom is -0.348 e. The number of hydrogen-bond donors (Lipinski definition) is 1. The highest BCUT2D eigenvalue weighted by Gasteiger charge is 2.26. The summed E-state index contributed by atoms with van der Waals surface area (Å²) in [6, 6.07) is 16.0. The summed E-state index contributed by atoms with van der Waals surface area (Å²) in [6.07, 6.45) is 1.78. The van der Waals surface area contributed by atoms with Gasteiger partial charge in [-0.3, -0.25) is 0 Å². The zero-order chi connectivity index (χ0) is 21.6. The van der Waals surface area contributed by atoms with Crippen LogP contribution < -0.4 is 10.9 Å². The van der Waals surface area contributed by atoms with Crippen LogP contribution in [0.25, 0.3) is 0 Å². The lowest BCUT2D eigenvalue weighted by atomic mass is 9.34. The molecule has 1 aromatic heterocycles. The van der Waals surface area contributed by atoms with Crippen molar-refractivity contribution in [1.82, 2.24) is 9.97 Å². The Morgan fingerprint density at radius 3 is 1.59 bits per heavy atom. The molecule has 0 amide bonds. The molecule has 0 fully saturated rings. The lowest BCUT2D eigenvalue weighted by Gasteiger charge is -2.20. The molecular weight excluding hydrogens is 398 g/mol. The van der Waals surface area contributed by atoms with Gasteiger partial charge < -0.3 is 4.98 Å². The highest BCUT2D eigenvalue weighted by atomic mass is 35.5. The molecule has 0 atom stereocenters. The summed E-state index contributed by atoms with van der Waals surface area (Å²) in [5, 5.41) is 1.60. The second-order valence-electron chi connectivity index (χ2n) is 8.28. The fourth-order valence-corrected chi connectivity index (χ4v) is 4.08. The van der Waals surface area contributed by atoms with Crippen LogP contribution in [-0.2, 0) is 0 Å². The largest absolute Gasteiger partial charge is 0.348 e. The van der Waals surface area contributed by atoms with Crippen LogP contribution in [0.2, 0.25) is 15.9 Å². The van der Waals surface area contributed by atoms with Crippen molar-refractivity contribution in [3.8, 4) is 0 Å². The number of aromatic amines is 1. The summed E-state index contributed by atoms with van der Waals surface area (Å²) in [7, 11) is 0. The highest BCUT2D eigenvalue weighted by Crippen LogP contribution is 2.21. The summed E-state index contributed by atoms with van der Waals surface area (Å²) in [4.78, 5) is 7.46.